The van der Waals surface area contributed by atoms with E-state index in [9.17, 15) is 0 Å². The first-order valence-corrected chi connectivity index (χ1v) is 7.84. The van der Waals surface area contributed by atoms with Gasteiger partial charge in [-0.1, -0.05) is 42.5 Å². The van der Waals surface area contributed by atoms with Gasteiger partial charge in [0.05, 0.1) is 5.38 Å². The molecule has 1 heterocycles. The minimum atomic E-state index is 0.0889. The van der Waals surface area contributed by atoms with Crippen LogP contribution >= 0.6 is 22.9 Å². The smallest absolute Gasteiger partial charge is 0.0671 e. The van der Waals surface area contributed by atoms with Gasteiger partial charge in [0, 0.05) is 10.6 Å². The Morgan fingerprint density at radius 3 is 2.74 bits per heavy atom. The van der Waals surface area contributed by atoms with E-state index in [1.807, 2.05) is 0 Å². The lowest BCUT2D eigenvalue weighted by Crippen LogP contribution is -2.20. The van der Waals surface area contributed by atoms with E-state index in [-0.39, 0.29) is 5.38 Å². The molecule has 0 bridgehead atoms. The predicted molar refractivity (Wildman–Crippen MR) is 83.3 cm³/mol. The van der Waals surface area contributed by atoms with Crippen LogP contribution in [0.2, 0.25) is 0 Å². The molecule has 1 aromatic heterocycles. The van der Waals surface area contributed by atoms with Gasteiger partial charge < -0.3 is 0 Å². The van der Waals surface area contributed by atoms with Gasteiger partial charge in [-0.25, -0.2) is 0 Å². The minimum Gasteiger partial charge on any atom is -0.143 e. The molecule has 0 amide bonds. The molecule has 94 valence electrons. The van der Waals surface area contributed by atoms with Crippen molar-refractivity contribution in [1.29, 1.82) is 0 Å². The van der Waals surface area contributed by atoms with Crippen LogP contribution in [-0.2, 0) is 6.42 Å². The molecule has 2 unspecified atom stereocenters. The van der Waals surface area contributed by atoms with Crippen molar-refractivity contribution in [2.24, 2.45) is 0 Å². The topological polar surface area (TPSA) is 0 Å². The Hall–Kier alpha value is -1.31. The van der Waals surface area contributed by atoms with Gasteiger partial charge in [0.1, 0.15) is 0 Å². The molecule has 0 fully saturated rings. The van der Waals surface area contributed by atoms with Crippen molar-refractivity contribution in [1.82, 2.24) is 0 Å². The molecule has 0 saturated heterocycles. The molecule has 2 aromatic carbocycles. The van der Waals surface area contributed by atoms with Crippen LogP contribution in [-0.4, -0.2) is 0 Å². The second-order valence-corrected chi connectivity index (χ2v) is 6.48. The average molecular weight is 285 g/mol. The summed E-state index contributed by atoms with van der Waals surface area (Å²) in [6.07, 6.45) is 1.11. The largest absolute Gasteiger partial charge is 0.143 e. The molecule has 19 heavy (non-hydrogen) atoms. The van der Waals surface area contributed by atoms with Crippen molar-refractivity contribution in [3.05, 3.63) is 70.6 Å². The van der Waals surface area contributed by atoms with Crippen LogP contribution in [0.3, 0.4) is 0 Å². The predicted octanol–water partition coefficient (Wildman–Crippen LogP) is 5.52. The van der Waals surface area contributed by atoms with E-state index < -0.39 is 0 Å². The molecule has 3 aromatic rings. The van der Waals surface area contributed by atoms with Crippen LogP contribution in [0.25, 0.3) is 10.1 Å². The number of hydrogen-bond acceptors (Lipinski definition) is 1. The summed E-state index contributed by atoms with van der Waals surface area (Å²) in [6, 6.07) is 17.2. The van der Waals surface area contributed by atoms with Gasteiger partial charge in [-0.2, -0.15) is 0 Å². The van der Waals surface area contributed by atoms with E-state index in [4.69, 9.17) is 11.6 Å². The molecule has 0 aliphatic heterocycles. The van der Waals surface area contributed by atoms with E-state index >= 15 is 0 Å². The second-order valence-electron chi connectivity index (χ2n) is 5.10. The maximum atomic E-state index is 6.76. The summed E-state index contributed by atoms with van der Waals surface area (Å²) in [5, 5.41) is 3.63. The fraction of sp³-hybridized carbons (Fsp3) is 0.176. The van der Waals surface area contributed by atoms with Crippen LogP contribution in [0.15, 0.2) is 53.9 Å². The van der Waals surface area contributed by atoms with Crippen molar-refractivity contribution < 1.29 is 0 Å². The summed E-state index contributed by atoms with van der Waals surface area (Å²) in [6.45, 7) is 0. The minimum absolute atomic E-state index is 0.0889. The van der Waals surface area contributed by atoms with Crippen LogP contribution in [0, 0.1) is 0 Å². The Morgan fingerprint density at radius 2 is 1.84 bits per heavy atom. The first kappa shape index (κ1) is 11.5. The van der Waals surface area contributed by atoms with Crippen LogP contribution in [0.4, 0.5) is 0 Å². The fourth-order valence-corrected chi connectivity index (χ4v) is 4.46. The van der Waals surface area contributed by atoms with Crippen molar-refractivity contribution in [2.45, 2.75) is 17.7 Å². The van der Waals surface area contributed by atoms with Gasteiger partial charge in [0.2, 0.25) is 0 Å². The SMILES string of the molecule is ClC(c1csc2ccccc12)C1Cc2ccccc21. The zero-order chi connectivity index (χ0) is 12.8. The highest BCUT2D eigenvalue weighted by molar-refractivity contribution is 7.17. The Labute approximate surface area is 121 Å². The quantitative estimate of drug-likeness (QED) is 0.544. The monoisotopic (exact) mass is 284 g/mol. The number of halogens is 1. The van der Waals surface area contributed by atoms with Gasteiger partial charge in [-0.05, 0) is 39.9 Å². The second kappa shape index (κ2) is 4.36. The lowest BCUT2D eigenvalue weighted by atomic mass is 9.74. The number of hydrogen-bond donors (Lipinski definition) is 0. The van der Waals surface area contributed by atoms with Gasteiger partial charge in [-0.15, -0.1) is 22.9 Å². The summed E-state index contributed by atoms with van der Waals surface area (Å²) in [4.78, 5) is 0. The summed E-state index contributed by atoms with van der Waals surface area (Å²) in [5.74, 6) is 0.468. The van der Waals surface area contributed by atoms with E-state index in [0.29, 0.717) is 5.92 Å². The maximum Gasteiger partial charge on any atom is 0.0671 e. The van der Waals surface area contributed by atoms with Gasteiger partial charge in [0.25, 0.3) is 0 Å². The number of rotatable bonds is 2. The normalized spacial score (nSPS) is 18.9. The first-order chi connectivity index (χ1) is 9.34. The van der Waals surface area contributed by atoms with Crippen molar-refractivity contribution >= 4 is 33.0 Å². The third kappa shape index (κ3) is 1.73. The Morgan fingerprint density at radius 1 is 1.05 bits per heavy atom. The number of thiophene rings is 1. The van der Waals surface area contributed by atoms with Crippen molar-refractivity contribution in [3.63, 3.8) is 0 Å². The summed E-state index contributed by atoms with van der Waals surface area (Å²) in [5.41, 5.74) is 4.18. The Bertz CT molecular complexity index is 744. The number of fused-ring (bicyclic) bond motifs is 2. The number of alkyl halides is 1. The molecule has 2 atom stereocenters. The molecule has 2 heteroatoms. The first-order valence-electron chi connectivity index (χ1n) is 6.52. The molecule has 0 radical (unpaired) electrons. The highest BCUT2D eigenvalue weighted by Gasteiger charge is 2.33. The van der Waals surface area contributed by atoms with E-state index in [1.54, 1.807) is 11.3 Å². The Kier molecular flexibility index (Phi) is 2.64. The Balaban J connectivity index is 1.74. The van der Waals surface area contributed by atoms with Gasteiger partial charge in [0.15, 0.2) is 0 Å². The zero-order valence-electron chi connectivity index (χ0n) is 10.3. The number of benzene rings is 2. The summed E-state index contributed by atoms with van der Waals surface area (Å²) >= 11 is 8.55. The molecular formula is C17H13ClS. The molecule has 0 saturated carbocycles. The van der Waals surface area contributed by atoms with Gasteiger partial charge in [-0.3, -0.25) is 0 Å². The lowest BCUT2D eigenvalue weighted by molar-refractivity contribution is 0.590. The fourth-order valence-electron chi connectivity index (χ4n) is 2.99. The molecule has 0 spiro atoms. The van der Waals surface area contributed by atoms with E-state index in [0.717, 1.165) is 6.42 Å². The third-order valence-corrected chi connectivity index (χ3v) is 5.58. The molecular weight excluding hydrogens is 272 g/mol. The lowest BCUT2D eigenvalue weighted by Gasteiger charge is -2.33. The molecule has 1 aliphatic carbocycles. The van der Waals surface area contributed by atoms with Gasteiger partial charge >= 0.3 is 0 Å². The van der Waals surface area contributed by atoms with Crippen LogP contribution < -0.4 is 0 Å². The van der Waals surface area contributed by atoms with E-state index in [1.165, 1.54) is 26.8 Å². The van der Waals surface area contributed by atoms with Crippen molar-refractivity contribution in [2.75, 3.05) is 0 Å². The summed E-state index contributed by atoms with van der Waals surface area (Å²) in [7, 11) is 0. The summed E-state index contributed by atoms with van der Waals surface area (Å²) < 4.78 is 1.33. The third-order valence-electron chi connectivity index (χ3n) is 4.06. The molecule has 1 aliphatic rings. The zero-order valence-corrected chi connectivity index (χ0v) is 11.9. The van der Waals surface area contributed by atoms with Crippen LogP contribution in [0.5, 0.6) is 0 Å². The maximum absolute atomic E-state index is 6.76. The average Bonchev–Trinajstić information content (AvgIpc) is 2.84. The molecule has 0 N–H and O–H groups in total. The van der Waals surface area contributed by atoms with E-state index in [2.05, 4.69) is 53.9 Å². The molecule has 0 nitrogen and oxygen atoms in total. The van der Waals surface area contributed by atoms with Crippen molar-refractivity contribution in [3.8, 4) is 0 Å². The standard InChI is InChI=1S/C17H13ClS/c18-17(14-9-11-5-1-2-6-12(11)14)15-10-19-16-8-4-3-7-13(15)16/h1-8,10,14,17H,9H2. The molecule has 4 rings (SSSR count). The highest BCUT2D eigenvalue weighted by atomic mass is 35.5. The highest BCUT2D eigenvalue weighted by Crippen LogP contribution is 2.49. The van der Waals surface area contributed by atoms with Crippen LogP contribution in [0.1, 0.15) is 28.0 Å².